The zero-order valence-electron chi connectivity index (χ0n) is 19.4. The number of nitrogens with zero attached hydrogens (tertiary/aromatic N) is 3. The summed E-state index contributed by atoms with van der Waals surface area (Å²) in [6.45, 7) is 3.92. The van der Waals surface area contributed by atoms with E-state index in [1.807, 2.05) is 56.3 Å². The third-order valence-electron chi connectivity index (χ3n) is 5.65. The van der Waals surface area contributed by atoms with Crippen molar-refractivity contribution >= 4 is 51.0 Å². The molecule has 0 saturated carbocycles. The molecular formula is C26H21N5O4S. The summed E-state index contributed by atoms with van der Waals surface area (Å²) in [6, 6.07) is 19.0. The van der Waals surface area contributed by atoms with E-state index in [9.17, 15) is 19.7 Å². The molecule has 0 aliphatic rings. The first-order chi connectivity index (χ1) is 17.3. The summed E-state index contributed by atoms with van der Waals surface area (Å²) >= 11 is 1.15. The molecule has 36 heavy (non-hydrogen) atoms. The number of aryl methyl sites for hydroxylation is 2. The van der Waals surface area contributed by atoms with Gasteiger partial charge in [-0.1, -0.05) is 36.0 Å². The molecule has 10 heteroatoms. The van der Waals surface area contributed by atoms with E-state index in [-0.39, 0.29) is 22.9 Å². The maximum absolute atomic E-state index is 13.7. The van der Waals surface area contributed by atoms with Crippen LogP contribution in [0.5, 0.6) is 0 Å². The van der Waals surface area contributed by atoms with Gasteiger partial charge in [0.05, 0.1) is 16.4 Å². The third-order valence-corrected chi connectivity index (χ3v) is 6.59. The highest BCUT2D eigenvalue weighted by atomic mass is 32.2. The first kappa shape index (κ1) is 23.3. The molecule has 0 atom stereocenters. The molecule has 180 valence electrons. The fourth-order valence-electron chi connectivity index (χ4n) is 4.14. The molecule has 0 bridgehead atoms. The van der Waals surface area contributed by atoms with Crippen LogP contribution in [0.3, 0.4) is 0 Å². The van der Waals surface area contributed by atoms with E-state index >= 15 is 0 Å². The van der Waals surface area contributed by atoms with Gasteiger partial charge in [-0.3, -0.25) is 24.3 Å². The van der Waals surface area contributed by atoms with Crippen LogP contribution >= 0.6 is 11.8 Å². The van der Waals surface area contributed by atoms with Crippen molar-refractivity contribution in [3.05, 3.63) is 98.3 Å². The number of H-pyrrole nitrogens is 1. The predicted octanol–water partition coefficient (Wildman–Crippen LogP) is 5.12. The molecule has 1 amide bonds. The fourth-order valence-corrected chi connectivity index (χ4v) is 4.95. The van der Waals surface area contributed by atoms with E-state index in [1.165, 1.54) is 28.8 Å². The number of aromatic nitrogens is 3. The second kappa shape index (κ2) is 9.31. The second-order valence-electron chi connectivity index (χ2n) is 8.42. The second-order valence-corrected chi connectivity index (χ2v) is 9.36. The summed E-state index contributed by atoms with van der Waals surface area (Å²) in [6.07, 6.45) is 0. The van der Waals surface area contributed by atoms with Crippen LogP contribution in [0.25, 0.3) is 27.6 Å². The SMILES string of the molecule is Cc1cc(C)cc(-n2c(SCC(=O)Nc3ccc([N+](=O)[O-])cc3)nc3c([nH]c4ccccc43)c2=O)c1. The standard InChI is InChI=1S/C26H21N5O4S/c1-15-11-16(2)13-19(12-15)30-25(33)24-23(20-5-3-4-6-21(20)28-24)29-26(30)36-14-22(32)27-17-7-9-18(10-8-17)31(34)35/h3-13,28H,14H2,1-2H3,(H,27,32). The maximum Gasteiger partial charge on any atom is 0.283 e. The van der Waals surface area contributed by atoms with E-state index in [4.69, 9.17) is 4.98 Å². The zero-order chi connectivity index (χ0) is 25.4. The molecule has 2 N–H and O–H groups in total. The Morgan fingerprint density at radius 1 is 1.08 bits per heavy atom. The molecule has 9 nitrogen and oxygen atoms in total. The van der Waals surface area contributed by atoms with Gasteiger partial charge in [-0.25, -0.2) is 4.98 Å². The normalized spacial score (nSPS) is 11.2. The van der Waals surface area contributed by atoms with Gasteiger partial charge in [0.25, 0.3) is 11.2 Å². The summed E-state index contributed by atoms with van der Waals surface area (Å²) in [5.74, 6) is -0.337. The number of carbonyl (C=O) groups is 1. The topological polar surface area (TPSA) is 123 Å². The number of carbonyl (C=O) groups excluding carboxylic acids is 1. The van der Waals surface area contributed by atoms with Crippen molar-refractivity contribution < 1.29 is 9.72 Å². The van der Waals surface area contributed by atoms with Gasteiger partial charge in [-0.05, 0) is 55.3 Å². The molecule has 0 radical (unpaired) electrons. The molecule has 2 aromatic heterocycles. The van der Waals surface area contributed by atoms with Crippen molar-refractivity contribution in [1.82, 2.24) is 14.5 Å². The number of aromatic amines is 1. The third kappa shape index (κ3) is 4.46. The minimum absolute atomic E-state index is 0.0118. The molecule has 2 heterocycles. The number of nitro groups is 1. The van der Waals surface area contributed by atoms with Crippen molar-refractivity contribution in [2.75, 3.05) is 11.1 Å². The number of hydrogen-bond acceptors (Lipinski definition) is 6. The number of benzene rings is 3. The highest BCUT2D eigenvalue weighted by Gasteiger charge is 2.18. The highest BCUT2D eigenvalue weighted by Crippen LogP contribution is 2.27. The quantitative estimate of drug-likeness (QED) is 0.145. The van der Waals surface area contributed by atoms with Crippen LogP contribution in [0.2, 0.25) is 0 Å². The molecule has 0 aliphatic carbocycles. The predicted molar refractivity (Wildman–Crippen MR) is 141 cm³/mol. The Bertz CT molecular complexity index is 1690. The number of para-hydroxylation sites is 1. The molecule has 5 rings (SSSR count). The number of thioether (sulfide) groups is 1. The molecule has 5 aromatic rings. The first-order valence-corrected chi connectivity index (χ1v) is 12.1. The van der Waals surface area contributed by atoms with Crippen LogP contribution in [-0.2, 0) is 4.79 Å². The van der Waals surface area contributed by atoms with Gasteiger partial charge in [0.2, 0.25) is 5.91 Å². The van der Waals surface area contributed by atoms with Gasteiger partial charge >= 0.3 is 0 Å². The van der Waals surface area contributed by atoms with Crippen LogP contribution in [0.15, 0.2) is 76.7 Å². The molecule has 0 saturated heterocycles. The summed E-state index contributed by atoms with van der Waals surface area (Å²) in [5, 5.41) is 14.8. The van der Waals surface area contributed by atoms with E-state index in [1.54, 1.807) is 0 Å². The van der Waals surface area contributed by atoms with Crippen LogP contribution in [0, 0.1) is 24.0 Å². The molecule has 0 aliphatic heterocycles. The number of non-ortho nitro benzene ring substituents is 1. The fraction of sp³-hybridized carbons (Fsp3) is 0.115. The van der Waals surface area contributed by atoms with Crippen LogP contribution < -0.4 is 10.9 Å². The smallest absolute Gasteiger partial charge is 0.283 e. The Labute approximate surface area is 209 Å². The van der Waals surface area contributed by atoms with Crippen LogP contribution in [-0.4, -0.2) is 31.1 Å². The molecule has 0 fully saturated rings. The number of hydrogen-bond donors (Lipinski definition) is 2. The molecule has 3 aromatic carbocycles. The van der Waals surface area contributed by atoms with E-state index in [2.05, 4.69) is 10.3 Å². The number of amides is 1. The van der Waals surface area contributed by atoms with Gasteiger partial charge in [0.1, 0.15) is 11.0 Å². The average Bonchev–Trinajstić information content (AvgIpc) is 3.21. The first-order valence-electron chi connectivity index (χ1n) is 11.1. The van der Waals surface area contributed by atoms with Gasteiger partial charge in [-0.15, -0.1) is 0 Å². The lowest BCUT2D eigenvalue weighted by molar-refractivity contribution is -0.384. The van der Waals surface area contributed by atoms with Crippen molar-refractivity contribution in [3.63, 3.8) is 0 Å². The molecular weight excluding hydrogens is 478 g/mol. The highest BCUT2D eigenvalue weighted by molar-refractivity contribution is 7.99. The summed E-state index contributed by atoms with van der Waals surface area (Å²) in [5.41, 5.74) is 4.56. The Hall–Kier alpha value is -4.44. The number of anilines is 1. The Kier molecular flexibility index (Phi) is 6.03. The molecule has 0 spiro atoms. The van der Waals surface area contributed by atoms with Crippen molar-refractivity contribution in [1.29, 1.82) is 0 Å². The van der Waals surface area contributed by atoms with Crippen LogP contribution in [0.1, 0.15) is 11.1 Å². The average molecular weight is 500 g/mol. The van der Waals surface area contributed by atoms with E-state index in [0.29, 0.717) is 27.6 Å². The number of nitro benzene ring substituents is 1. The largest absolute Gasteiger partial charge is 0.349 e. The monoisotopic (exact) mass is 499 g/mol. The minimum atomic E-state index is -0.500. The lowest BCUT2D eigenvalue weighted by Crippen LogP contribution is -2.23. The van der Waals surface area contributed by atoms with Crippen molar-refractivity contribution in [2.45, 2.75) is 19.0 Å². The van der Waals surface area contributed by atoms with Crippen molar-refractivity contribution in [3.8, 4) is 5.69 Å². The van der Waals surface area contributed by atoms with Gasteiger partial charge in [-0.2, -0.15) is 0 Å². The number of nitrogens with one attached hydrogen (secondary N) is 2. The Balaban J connectivity index is 1.53. The lowest BCUT2D eigenvalue weighted by Gasteiger charge is -2.13. The minimum Gasteiger partial charge on any atom is -0.349 e. The number of rotatable bonds is 6. The number of fused-ring (bicyclic) bond motifs is 3. The zero-order valence-corrected chi connectivity index (χ0v) is 20.3. The summed E-state index contributed by atoms with van der Waals surface area (Å²) in [4.78, 5) is 44.7. The van der Waals surface area contributed by atoms with Gasteiger partial charge < -0.3 is 10.3 Å². The maximum atomic E-state index is 13.7. The van der Waals surface area contributed by atoms with Crippen LogP contribution in [0.4, 0.5) is 11.4 Å². The van der Waals surface area contributed by atoms with E-state index < -0.39 is 4.92 Å². The Morgan fingerprint density at radius 3 is 2.47 bits per heavy atom. The molecule has 0 unspecified atom stereocenters. The summed E-state index contributed by atoms with van der Waals surface area (Å²) in [7, 11) is 0. The van der Waals surface area contributed by atoms with Gasteiger partial charge in [0, 0.05) is 28.7 Å². The van der Waals surface area contributed by atoms with E-state index in [0.717, 1.165) is 33.8 Å². The lowest BCUT2D eigenvalue weighted by atomic mass is 10.1. The van der Waals surface area contributed by atoms with Gasteiger partial charge in [0.15, 0.2) is 5.16 Å². The Morgan fingerprint density at radius 2 is 1.78 bits per heavy atom. The van der Waals surface area contributed by atoms with Crippen molar-refractivity contribution in [2.24, 2.45) is 0 Å². The summed E-state index contributed by atoms with van der Waals surface area (Å²) < 4.78 is 1.53.